The summed E-state index contributed by atoms with van der Waals surface area (Å²) >= 11 is 0. The molecule has 0 bridgehead atoms. The summed E-state index contributed by atoms with van der Waals surface area (Å²) in [4.78, 5) is 17.4. The highest BCUT2D eigenvalue weighted by Crippen LogP contribution is 2.24. The minimum atomic E-state index is -3.32. The third-order valence-electron chi connectivity index (χ3n) is 5.03. The molecule has 3 rings (SSSR count). The molecular formula is C21H27N3O3S. The van der Waals surface area contributed by atoms with Crippen molar-refractivity contribution in [3.05, 3.63) is 59.4 Å². The van der Waals surface area contributed by atoms with Crippen LogP contribution in [0.5, 0.6) is 0 Å². The van der Waals surface area contributed by atoms with E-state index in [0.29, 0.717) is 17.3 Å². The number of anilines is 1. The molecule has 1 saturated heterocycles. The molecule has 0 saturated carbocycles. The second-order valence-corrected chi connectivity index (χ2v) is 9.25. The largest absolute Gasteiger partial charge is 0.314 e. The van der Waals surface area contributed by atoms with Gasteiger partial charge in [-0.1, -0.05) is 6.07 Å². The highest BCUT2D eigenvalue weighted by molar-refractivity contribution is 7.92. The highest BCUT2D eigenvalue weighted by Gasteiger charge is 2.27. The van der Waals surface area contributed by atoms with E-state index in [0.717, 1.165) is 49.9 Å². The summed E-state index contributed by atoms with van der Waals surface area (Å²) in [6, 6.07) is 13.0. The summed E-state index contributed by atoms with van der Waals surface area (Å²) in [5, 5.41) is 3.52. The SMILES string of the molecule is Cc1cccc(CCC2CC(C(=O)c3ccc(NS(C)(=O)=O)cc3)CCN2)n1. The number of carbonyl (C=O) groups is 1. The van der Waals surface area contributed by atoms with Gasteiger partial charge in [-0.25, -0.2) is 8.42 Å². The van der Waals surface area contributed by atoms with Crippen LogP contribution >= 0.6 is 0 Å². The Morgan fingerprint density at radius 2 is 1.96 bits per heavy atom. The molecule has 0 aliphatic carbocycles. The molecule has 1 aliphatic rings. The maximum atomic E-state index is 12.9. The third-order valence-corrected chi connectivity index (χ3v) is 5.64. The predicted octanol–water partition coefficient (Wildman–Crippen LogP) is 2.95. The number of ketones is 1. The summed E-state index contributed by atoms with van der Waals surface area (Å²) in [7, 11) is -3.32. The number of hydrogen-bond acceptors (Lipinski definition) is 5. The van der Waals surface area contributed by atoms with Crippen LogP contribution in [0.15, 0.2) is 42.5 Å². The van der Waals surface area contributed by atoms with Gasteiger partial charge in [-0.2, -0.15) is 0 Å². The first-order chi connectivity index (χ1) is 13.3. The topological polar surface area (TPSA) is 88.2 Å². The van der Waals surface area contributed by atoms with Crippen LogP contribution in [0.4, 0.5) is 5.69 Å². The number of hydrogen-bond donors (Lipinski definition) is 2. The molecule has 7 heteroatoms. The van der Waals surface area contributed by atoms with Crippen molar-refractivity contribution in [2.24, 2.45) is 5.92 Å². The van der Waals surface area contributed by atoms with Gasteiger partial charge in [-0.15, -0.1) is 0 Å². The number of nitrogens with one attached hydrogen (secondary N) is 2. The van der Waals surface area contributed by atoms with E-state index in [1.54, 1.807) is 24.3 Å². The molecule has 2 heterocycles. The van der Waals surface area contributed by atoms with Crippen molar-refractivity contribution in [2.75, 3.05) is 17.5 Å². The summed E-state index contributed by atoms with van der Waals surface area (Å²) in [6.45, 7) is 2.82. The van der Waals surface area contributed by atoms with Crippen LogP contribution in [0.2, 0.25) is 0 Å². The molecule has 1 aliphatic heterocycles. The lowest BCUT2D eigenvalue weighted by Crippen LogP contribution is -2.40. The Morgan fingerprint density at radius 1 is 1.21 bits per heavy atom. The average molecular weight is 402 g/mol. The molecule has 1 fully saturated rings. The first kappa shape index (κ1) is 20.5. The zero-order valence-corrected chi connectivity index (χ0v) is 17.1. The number of aromatic nitrogens is 1. The smallest absolute Gasteiger partial charge is 0.229 e. The van der Waals surface area contributed by atoms with Gasteiger partial charge in [0, 0.05) is 34.6 Å². The molecule has 1 aromatic carbocycles. The summed E-state index contributed by atoms with van der Waals surface area (Å²) in [5.74, 6) is 0.122. The molecule has 0 spiro atoms. The number of rotatable bonds is 7. The zero-order chi connectivity index (χ0) is 20.1. The fraction of sp³-hybridized carbons (Fsp3) is 0.429. The highest BCUT2D eigenvalue weighted by atomic mass is 32.2. The molecular weight excluding hydrogens is 374 g/mol. The Labute approximate surface area is 166 Å². The van der Waals surface area contributed by atoms with Crippen LogP contribution in [0, 0.1) is 12.8 Å². The van der Waals surface area contributed by atoms with Crippen LogP contribution in [-0.2, 0) is 16.4 Å². The molecule has 150 valence electrons. The van der Waals surface area contributed by atoms with Gasteiger partial charge in [0.1, 0.15) is 0 Å². The molecule has 0 radical (unpaired) electrons. The van der Waals surface area contributed by atoms with Gasteiger partial charge < -0.3 is 5.32 Å². The minimum Gasteiger partial charge on any atom is -0.314 e. The van der Waals surface area contributed by atoms with Crippen molar-refractivity contribution in [3.8, 4) is 0 Å². The Balaban J connectivity index is 1.58. The second-order valence-electron chi connectivity index (χ2n) is 7.50. The predicted molar refractivity (Wildman–Crippen MR) is 111 cm³/mol. The van der Waals surface area contributed by atoms with Gasteiger partial charge in [-0.3, -0.25) is 14.5 Å². The summed E-state index contributed by atoms with van der Waals surface area (Å²) in [5.41, 5.74) is 3.21. The minimum absolute atomic E-state index is 0.00886. The Kier molecular flexibility index (Phi) is 6.46. The number of aryl methyl sites for hydroxylation is 2. The van der Waals surface area contributed by atoms with Gasteiger partial charge in [0.05, 0.1) is 6.26 Å². The van der Waals surface area contributed by atoms with E-state index in [2.05, 4.69) is 15.0 Å². The van der Waals surface area contributed by atoms with Crippen molar-refractivity contribution in [1.82, 2.24) is 10.3 Å². The van der Waals surface area contributed by atoms with E-state index in [9.17, 15) is 13.2 Å². The molecule has 2 N–H and O–H groups in total. The summed E-state index contributed by atoms with van der Waals surface area (Å²) in [6.07, 6.45) is 4.59. The lowest BCUT2D eigenvalue weighted by atomic mass is 9.84. The monoisotopic (exact) mass is 401 g/mol. The first-order valence-corrected chi connectivity index (χ1v) is 11.5. The van der Waals surface area contributed by atoms with Crippen LogP contribution in [0.3, 0.4) is 0 Å². The Hall–Kier alpha value is -2.25. The van der Waals surface area contributed by atoms with E-state index in [4.69, 9.17) is 0 Å². The molecule has 1 aromatic heterocycles. The van der Waals surface area contributed by atoms with Gasteiger partial charge >= 0.3 is 0 Å². The fourth-order valence-electron chi connectivity index (χ4n) is 3.68. The quantitative estimate of drug-likeness (QED) is 0.697. The number of pyridine rings is 1. The van der Waals surface area contributed by atoms with Crippen LogP contribution in [0.25, 0.3) is 0 Å². The first-order valence-electron chi connectivity index (χ1n) is 9.58. The average Bonchev–Trinajstić information content (AvgIpc) is 2.65. The number of nitrogens with zero attached hydrogens (tertiary/aromatic N) is 1. The maximum absolute atomic E-state index is 12.9. The van der Waals surface area contributed by atoms with Crippen LogP contribution < -0.4 is 10.0 Å². The molecule has 2 atom stereocenters. The number of piperidine rings is 1. The molecule has 28 heavy (non-hydrogen) atoms. The molecule has 0 amide bonds. The number of Topliss-reactive ketones (excluding diaryl/α,β-unsaturated/α-hetero) is 1. The van der Waals surface area contributed by atoms with E-state index in [1.165, 1.54) is 0 Å². The van der Waals surface area contributed by atoms with E-state index in [-0.39, 0.29) is 11.7 Å². The van der Waals surface area contributed by atoms with Crippen LogP contribution in [0.1, 0.15) is 41.0 Å². The Morgan fingerprint density at radius 3 is 2.64 bits per heavy atom. The van der Waals surface area contributed by atoms with E-state index < -0.39 is 10.0 Å². The lowest BCUT2D eigenvalue weighted by Gasteiger charge is -2.29. The van der Waals surface area contributed by atoms with Crippen molar-refractivity contribution in [1.29, 1.82) is 0 Å². The molecule has 6 nitrogen and oxygen atoms in total. The van der Waals surface area contributed by atoms with Crippen molar-refractivity contribution in [2.45, 2.75) is 38.6 Å². The van der Waals surface area contributed by atoms with Gasteiger partial charge in [-0.05, 0) is 75.5 Å². The van der Waals surface area contributed by atoms with Gasteiger partial charge in [0.25, 0.3) is 0 Å². The maximum Gasteiger partial charge on any atom is 0.229 e. The number of benzene rings is 1. The molecule has 2 unspecified atom stereocenters. The van der Waals surface area contributed by atoms with Crippen molar-refractivity contribution in [3.63, 3.8) is 0 Å². The standard InChI is InChI=1S/C21H27N3O3S/c1-15-4-3-5-18(23-15)10-11-20-14-17(12-13-22-20)21(25)16-6-8-19(9-7-16)24-28(2,26)27/h3-9,17,20,22,24H,10-14H2,1-2H3. The van der Waals surface area contributed by atoms with Crippen molar-refractivity contribution >= 4 is 21.5 Å². The lowest BCUT2D eigenvalue weighted by molar-refractivity contribution is 0.0876. The van der Waals surface area contributed by atoms with Crippen LogP contribution in [-0.4, -0.2) is 38.0 Å². The second kappa shape index (κ2) is 8.84. The number of sulfonamides is 1. The van der Waals surface area contributed by atoms with E-state index >= 15 is 0 Å². The normalized spacial score (nSPS) is 19.9. The van der Waals surface area contributed by atoms with Crippen molar-refractivity contribution < 1.29 is 13.2 Å². The third kappa shape index (κ3) is 5.87. The zero-order valence-electron chi connectivity index (χ0n) is 16.3. The van der Waals surface area contributed by atoms with E-state index in [1.807, 2.05) is 25.1 Å². The van der Waals surface area contributed by atoms with Gasteiger partial charge in [0.2, 0.25) is 10.0 Å². The van der Waals surface area contributed by atoms with Gasteiger partial charge in [0.15, 0.2) is 5.78 Å². The molecule has 2 aromatic rings. The fourth-order valence-corrected chi connectivity index (χ4v) is 4.24. The number of carbonyl (C=O) groups excluding carboxylic acids is 1. The summed E-state index contributed by atoms with van der Waals surface area (Å²) < 4.78 is 25.0. The Bertz CT molecular complexity index is 926.